The van der Waals surface area contributed by atoms with E-state index in [-0.39, 0.29) is 23.8 Å². The van der Waals surface area contributed by atoms with E-state index in [1.54, 1.807) is 0 Å². The van der Waals surface area contributed by atoms with Crippen LogP contribution in [-0.2, 0) is 11.0 Å². The lowest BCUT2D eigenvalue weighted by Crippen LogP contribution is -2.48. The smallest absolute Gasteiger partial charge is 0.416 e. The number of nitrogens with one attached hydrogen (secondary N) is 2. The van der Waals surface area contributed by atoms with Crippen molar-refractivity contribution in [2.75, 3.05) is 29.9 Å². The fourth-order valence-electron chi connectivity index (χ4n) is 2.05. The Hall–Kier alpha value is -2.45. The minimum absolute atomic E-state index is 0.0420. The Morgan fingerprint density at radius 3 is 2.67 bits per heavy atom. The molecule has 21 heavy (non-hydrogen) atoms. The second-order valence-electron chi connectivity index (χ2n) is 4.43. The maximum absolute atomic E-state index is 12.7. The molecular weight excluding hydrogens is 291 g/mol. The monoisotopic (exact) mass is 303 g/mol. The van der Waals surface area contributed by atoms with Crippen molar-refractivity contribution in [1.82, 2.24) is 5.32 Å². The molecule has 0 atom stereocenters. The summed E-state index contributed by atoms with van der Waals surface area (Å²) in [4.78, 5) is 23.6. The number of hydrogen-bond donors (Lipinski definition) is 3. The number of alkyl halides is 3. The third kappa shape index (κ3) is 3.56. The molecule has 1 aromatic carbocycles. The number of carbonyl (C=O) groups is 2. The minimum Gasteiger partial charge on any atom is -0.465 e. The molecule has 1 aromatic rings. The van der Waals surface area contributed by atoms with Gasteiger partial charge in [0.2, 0.25) is 5.91 Å². The van der Waals surface area contributed by atoms with Crippen LogP contribution in [0.3, 0.4) is 0 Å². The Labute approximate surface area is 117 Å². The van der Waals surface area contributed by atoms with E-state index in [2.05, 4.69) is 5.32 Å². The van der Waals surface area contributed by atoms with E-state index < -0.39 is 17.8 Å². The van der Waals surface area contributed by atoms with Crippen LogP contribution in [0, 0.1) is 0 Å². The van der Waals surface area contributed by atoms with E-state index in [1.165, 1.54) is 4.90 Å². The van der Waals surface area contributed by atoms with E-state index in [9.17, 15) is 22.8 Å². The average molecular weight is 303 g/mol. The first-order valence-electron chi connectivity index (χ1n) is 6.00. The molecule has 6 nitrogen and oxygen atoms in total. The highest BCUT2D eigenvalue weighted by atomic mass is 19.4. The number of carboxylic acid groups (broad SMARTS) is 1. The molecule has 114 valence electrons. The summed E-state index contributed by atoms with van der Waals surface area (Å²) in [7, 11) is 0. The summed E-state index contributed by atoms with van der Waals surface area (Å²) in [6.07, 6.45) is -6.05. The molecule has 1 fully saturated rings. The maximum Gasteiger partial charge on any atom is 0.416 e. The molecule has 1 saturated heterocycles. The maximum atomic E-state index is 12.7. The zero-order valence-electron chi connectivity index (χ0n) is 10.7. The molecular formula is C12H12F3N3O3. The third-order valence-corrected chi connectivity index (χ3v) is 2.94. The lowest BCUT2D eigenvalue weighted by Gasteiger charge is -2.30. The fraction of sp³-hybridized carbons (Fsp3) is 0.333. The van der Waals surface area contributed by atoms with Crippen LogP contribution in [0.25, 0.3) is 0 Å². The van der Waals surface area contributed by atoms with Gasteiger partial charge < -0.3 is 15.3 Å². The van der Waals surface area contributed by atoms with Gasteiger partial charge in [-0.05, 0) is 18.2 Å². The minimum atomic E-state index is -4.58. The summed E-state index contributed by atoms with van der Waals surface area (Å²) < 4.78 is 38.1. The van der Waals surface area contributed by atoms with Crippen LogP contribution in [0.15, 0.2) is 18.2 Å². The number of hydrogen-bond acceptors (Lipinski definition) is 3. The quantitative estimate of drug-likeness (QED) is 0.777. The van der Waals surface area contributed by atoms with E-state index in [1.807, 2.05) is 5.32 Å². The number of benzene rings is 1. The molecule has 0 aromatic heterocycles. The molecule has 0 bridgehead atoms. The standard InChI is InChI=1S/C12H12F3N3O3/c13-12(14,15)7-1-2-9(8(5-7)17-11(20)21)18-4-3-16-10(19)6-18/h1-2,5,17H,3-4,6H2,(H,16,19)(H,20,21). The zero-order chi connectivity index (χ0) is 15.6. The number of carbonyl (C=O) groups excluding carboxylic acids is 1. The van der Waals surface area contributed by atoms with Crippen molar-refractivity contribution in [2.24, 2.45) is 0 Å². The predicted octanol–water partition coefficient (Wildman–Crippen LogP) is 1.73. The molecule has 1 heterocycles. The highest BCUT2D eigenvalue weighted by Gasteiger charge is 2.32. The van der Waals surface area contributed by atoms with Crippen LogP contribution in [0.1, 0.15) is 5.56 Å². The van der Waals surface area contributed by atoms with Gasteiger partial charge in [0.15, 0.2) is 0 Å². The first kappa shape index (κ1) is 14.9. The number of amides is 2. The number of halogens is 3. The van der Waals surface area contributed by atoms with Crippen molar-refractivity contribution in [3.63, 3.8) is 0 Å². The summed E-state index contributed by atoms with van der Waals surface area (Å²) in [6.45, 7) is 0.678. The molecule has 3 N–H and O–H groups in total. The van der Waals surface area contributed by atoms with E-state index >= 15 is 0 Å². The second kappa shape index (κ2) is 5.51. The van der Waals surface area contributed by atoms with Crippen molar-refractivity contribution in [3.05, 3.63) is 23.8 Å². The molecule has 0 radical (unpaired) electrons. The lowest BCUT2D eigenvalue weighted by molar-refractivity contribution is -0.137. The molecule has 0 unspecified atom stereocenters. The van der Waals surface area contributed by atoms with Crippen molar-refractivity contribution < 1.29 is 27.9 Å². The number of rotatable bonds is 2. The number of anilines is 2. The van der Waals surface area contributed by atoms with Crippen LogP contribution in [0.5, 0.6) is 0 Å². The summed E-state index contributed by atoms with van der Waals surface area (Å²) in [6, 6.07) is 2.73. The molecule has 0 saturated carbocycles. The first-order valence-corrected chi connectivity index (χ1v) is 6.00. The molecule has 0 spiro atoms. The summed E-state index contributed by atoms with van der Waals surface area (Å²) in [5.41, 5.74) is -0.927. The van der Waals surface area contributed by atoms with Gasteiger partial charge in [0, 0.05) is 13.1 Å². The number of piperazine rings is 1. The Balaban J connectivity index is 2.39. The van der Waals surface area contributed by atoms with E-state index in [0.29, 0.717) is 13.1 Å². The highest BCUT2D eigenvalue weighted by Crippen LogP contribution is 2.35. The van der Waals surface area contributed by atoms with E-state index in [0.717, 1.165) is 18.2 Å². The zero-order valence-corrected chi connectivity index (χ0v) is 10.7. The van der Waals surface area contributed by atoms with Gasteiger partial charge in [0.1, 0.15) is 0 Å². The Kier molecular flexibility index (Phi) is 3.92. The van der Waals surface area contributed by atoms with Gasteiger partial charge in [-0.25, -0.2) is 4.79 Å². The Bertz CT molecular complexity index is 575. The average Bonchev–Trinajstić information content (AvgIpc) is 2.36. The van der Waals surface area contributed by atoms with Gasteiger partial charge in [0.25, 0.3) is 0 Å². The molecule has 2 amide bonds. The van der Waals surface area contributed by atoms with Crippen molar-refractivity contribution in [2.45, 2.75) is 6.18 Å². The topological polar surface area (TPSA) is 81.7 Å². The summed E-state index contributed by atoms with van der Waals surface area (Å²) >= 11 is 0. The summed E-state index contributed by atoms with van der Waals surface area (Å²) in [5.74, 6) is -0.276. The molecule has 1 aliphatic rings. The van der Waals surface area contributed by atoms with Crippen LogP contribution < -0.4 is 15.5 Å². The van der Waals surface area contributed by atoms with Crippen LogP contribution in [-0.4, -0.2) is 36.7 Å². The fourth-order valence-corrected chi connectivity index (χ4v) is 2.05. The van der Waals surface area contributed by atoms with Crippen molar-refractivity contribution in [1.29, 1.82) is 0 Å². The van der Waals surface area contributed by atoms with Crippen LogP contribution >= 0.6 is 0 Å². The van der Waals surface area contributed by atoms with Crippen molar-refractivity contribution >= 4 is 23.4 Å². The third-order valence-electron chi connectivity index (χ3n) is 2.94. The molecule has 2 rings (SSSR count). The highest BCUT2D eigenvalue weighted by molar-refractivity contribution is 5.91. The largest absolute Gasteiger partial charge is 0.465 e. The van der Waals surface area contributed by atoms with Gasteiger partial charge in [0.05, 0.1) is 23.5 Å². The van der Waals surface area contributed by atoms with E-state index in [4.69, 9.17) is 5.11 Å². The molecule has 9 heteroatoms. The summed E-state index contributed by atoms with van der Waals surface area (Å²) in [5, 5.41) is 13.3. The van der Waals surface area contributed by atoms with Crippen LogP contribution in [0.2, 0.25) is 0 Å². The number of nitrogens with zero attached hydrogens (tertiary/aromatic N) is 1. The lowest BCUT2D eigenvalue weighted by atomic mass is 10.1. The van der Waals surface area contributed by atoms with Crippen molar-refractivity contribution in [3.8, 4) is 0 Å². The SMILES string of the molecule is O=C(O)Nc1cc(C(F)(F)F)ccc1N1CCNC(=O)C1. The van der Waals surface area contributed by atoms with Gasteiger partial charge >= 0.3 is 12.3 Å². The Morgan fingerprint density at radius 2 is 2.10 bits per heavy atom. The van der Waals surface area contributed by atoms with Gasteiger partial charge in [-0.15, -0.1) is 0 Å². The normalized spacial score (nSPS) is 15.6. The van der Waals surface area contributed by atoms with Gasteiger partial charge in [-0.3, -0.25) is 10.1 Å². The van der Waals surface area contributed by atoms with Crippen LogP contribution in [0.4, 0.5) is 29.3 Å². The predicted molar refractivity (Wildman–Crippen MR) is 68.3 cm³/mol. The van der Waals surface area contributed by atoms with Gasteiger partial charge in [-0.2, -0.15) is 13.2 Å². The first-order chi connectivity index (χ1) is 9.77. The molecule has 0 aliphatic carbocycles. The molecule has 1 aliphatic heterocycles. The Morgan fingerprint density at radius 1 is 1.38 bits per heavy atom. The van der Waals surface area contributed by atoms with Gasteiger partial charge in [-0.1, -0.05) is 0 Å². The second-order valence-corrected chi connectivity index (χ2v) is 4.43.